The highest BCUT2D eigenvalue weighted by molar-refractivity contribution is 6.39. The van der Waals surface area contributed by atoms with E-state index in [9.17, 15) is 27.9 Å². The molecule has 1 atom stereocenters. The standard InChI is InChI=1S/C25H20Cl2F3NO5/c1-35-19-11-15(25(28,29)30)12-20(36-2)21(19)14-8-6-13(7-9-14)10-18(24(33)34)31-23(32)22-16(26)4-3-5-17(22)27/h3-9,11-12,18H,10H2,1-2H3,(H,31,32)(H,33,34)/t18-/m0/s1. The second-order valence-electron chi connectivity index (χ2n) is 7.62. The van der Waals surface area contributed by atoms with Gasteiger partial charge >= 0.3 is 12.1 Å². The Labute approximate surface area is 214 Å². The summed E-state index contributed by atoms with van der Waals surface area (Å²) in [5.74, 6) is -2.10. The van der Waals surface area contributed by atoms with Crippen LogP contribution in [0.25, 0.3) is 11.1 Å². The van der Waals surface area contributed by atoms with E-state index >= 15 is 0 Å². The fraction of sp³-hybridized carbons (Fsp3) is 0.200. The zero-order valence-electron chi connectivity index (χ0n) is 19.0. The van der Waals surface area contributed by atoms with E-state index in [2.05, 4.69) is 5.32 Å². The van der Waals surface area contributed by atoms with E-state index in [4.69, 9.17) is 32.7 Å². The highest BCUT2D eigenvalue weighted by Gasteiger charge is 2.33. The quantitative estimate of drug-likeness (QED) is 0.358. The molecule has 0 saturated heterocycles. The molecule has 3 aromatic carbocycles. The number of benzene rings is 3. The molecular weight excluding hydrogens is 522 g/mol. The molecule has 3 aromatic rings. The predicted molar refractivity (Wildman–Crippen MR) is 129 cm³/mol. The topological polar surface area (TPSA) is 84.9 Å². The fourth-order valence-corrected chi connectivity index (χ4v) is 4.12. The van der Waals surface area contributed by atoms with Gasteiger partial charge in [0.15, 0.2) is 0 Å². The van der Waals surface area contributed by atoms with Crippen LogP contribution in [0.1, 0.15) is 21.5 Å². The average molecular weight is 542 g/mol. The number of carboxylic acid groups (broad SMARTS) is 1. The minimum Gasteiger partial charge on any atom is -0.496 e. The maximum absolute atomic E-state index is 13.2. The van der Waals surface area contributed by atoms with Crippen LogP contribution in [0.3, 0.4) is 0 Å². The summed E-state index contributed by atoms with van der Waals surface area (Å²) in [6.07, 6.45) is -4.67. The summed E-state index contributed by atoms with van der Waals surface area (Å²) in [6.45, 7) is 0. The first kappa shape index (κ1) is 27.2. The maximum Gasteiger partial charge on any atom is 0.416 e. The molecule has 11 heteroatoms. The Morgan fingerprint density at radius 3 is 1.94 bits per heavy atom. The van der Waals surface area contributed by atoms with Crippen molar-refractivity contribution in [1.29, 1.82) is 0 Å². The monoisotopic (exact) mass is 541 g/mol. The minimum absolute atomic E-state index is 0.0380. The Hall–Kier alpha value is -3.43. The maximum atomic E-state index is 13.2. The average Bonchev–Trinajstić information content (AvgIpc) is 2.82. The Bertz CT molecular complexity index is 1230. The molecule has 3 rings (SSSR count). The van der Waals surface area contributed by atoms with Crippen molar-refractivity contribution in [2.75, 3.05) is 14.2 Å². The van der Waals surface area contributed by atoms with Gasteiger partial charge in [-0.15, -0.1) is 0 Å². The number of alkyl halides is 3. The summed E-state index contributed by atoms with van der Waals surface area (Å²) in [6, 6.07) is 11.3. The number of nitrogens with one attached hydrogen (secondary N) is 1. The van der Waals surface area contributed by atoms with Gasteiger partial charge in [-0.05, 0) is 35.4 Å². The summed E-state index contributed by atoms with van der Waals surface area (Å²) in [4.78, 5) is 24.4. The van der Waals surface area contributed by atoms with Gasteiger partial charge in [0.1, 0.15) is 17.5 Å². The SMILES string of the molecule is COc1cc(C(F)(F)F)cc(OC)c1-c1ccc(C[C@H](NC(=O)c2c(Cl)cccc2Cl)C(=O)O)cc1. The molecule has 0 radical (unpaired) electrons. The molecule has 0 aliphatic rings. The van der Waals surface area contributed by atoms with Crippen LogP contribution >= 0.6 is 23.2 Å². The lowest BCUT2D eigenvalue weighted by atomic mass is 9.97. The molecule has 36 heavy (non-hydrogen) atoms. The van der Waals surface area contributed by atoms with Crippen molar-refractivity contribution in [1.82, 2.24) is 5.32 Å². The van der Waals surface area contributed by atoms with E-state index in [-0.39, 0.29) is 33.5 Å². The highest BCUT2D eigenvalue weighted by atomic mass is 35.5. The molecule has 0 spiro atoms. The van der Waals surface area contributed by atoms with Crippen molar-refractivity contribution in [2.45, 2.75) is 18.6 Å². The second-order valence-corrected chi connectivity index (χ2v) is 8.43. The number of aliphatic carboxylic acids is 1. The minimum atomic E-state index is -4.59. The third-order valence-corrected chi connectivity index (χ3v) is 5.94. The van der Waals surface area contributed by atoms with Crippen LogP contribution in [0.5, 0.6) is 11.5 Å². The molecular formula is C25H20Cl2F3NO5. The van der Waals surface area contributed by atoms with Crippen LogP contribution in [0, 0.1) is 0 Å². The van der Waals surface area contributed by atoms with Crippen LogP contribution in [0.2, 0.25) is 10.0 Å². The predicted octanol–water partition coefficient (Wildman–Crippen LogP) is 6.12. The van der Waals surface area contributed by atoms with E-state index in [1.165, 1.54) is 26.4 Å². The zero-order chi connectivity index (χ0) is 26.6. The van der Waals surface area contributed by atoms with E-state index in [0.29, 0.717) is 16.7 Å². The van der Waals surface area contributed by atoms with Crippen LogP contribution in [-0.2, 0) is 17.4 Å². The van der Waals surface area contributed by atoms with E-state index < -0.39 is 29.7 Å². The number of methoxy groups -OCH3 is 2. The van der Waals surface area contributed by atoms with Gasteiger partial charge in [0.2, 0.25) is 0 Å². The van der Waals surface area contributed by atoms with Crippen molar-refractivity contribution < 1.29 is 37.3 Å². The highest BCUT2D eigenvalue weighted by Crippen LogP contribution is 2.43. The van der Waals surface area contributed by atoms with Gasteiger partial charge in [0, 0.05) is 6.42 Å². The number of carbonyl (C=O) groups excluding carboxylic acids is 1. The lowest BCUT2D eigenvalue weighted by Gasteiger charge is -2.18. The first-order chi connectivity index (χ1) is 17.0. The number of carboxylic acids is 1. The molecule has 0 heterocycles. The Kier molecular flexibility index (Phi) is 8.37. The van der Waals surface area contributed by atoms with Crippen molar-refractivity contribution in [3.8, 4) is 22.6 Å². The van der Waals surface area contributed by atoms with Gasteiger partial charge in [-0.2, -0.15) is 13.2 Å². The number of hydrogen-bond acceptors (Lipinski definition) is 4. The van der Waals surface area contributed by atoms with Crippen LogP contribution in [0.15, 0.2) is 54.6 Å². The van der Waals surface area contributed by atoms with Gasteiger partial charge < -0.3 is 19.9 Å². The number of rotatable bonds is 8. The van der Waals surface area contributed by atoms with Crippen LogP contribution in [-0.4, -0.2) is 37.2 Å². The first-order valence-corrected chi connectivity index (χ1v) is 11.1. The summed E-state index contributed by atoms with van der Waals surface area (Å²) < 4.78 is 50.1. The summed E-state index contributed by atoms with van der Waals surface area (Å²) >= 11 is 12.1. The van der Waals surface area contributed by atoms with Gasteiger partial charge in [0.25, 0.3) is 5.91 Å². The third kappa shape index (κ3) is 6.03. The molecule has 0 bridgehead atoms. The van der Waals surface area contributed by atoms with Crippen LogP contribution in [0.4, 0.5) is 13.2 Å². The number of amides is 1. The number of carbonyl (C=O) groups is 2. The van der Waals surface area contributed by atoms with Crippen molar-refractivity contribution in [3.63, 3.8) is 0 Å². The van der Waals surface area contributed by atoms with Gasteiger partial charge in [-0.1, -0.05) is 53.5 Å². The van der Waals surface area contributed by atoms with Gasteiger partial charge in [-0.25, -0.2) is 4.79 Å². The normalized spacial score (nSPS) is 12.1. The number of ether oxygens (including phenoxy) is 2. The molecule has 1 amide bonds. The molecule has 0 aromatic heterocycles. The third-order valence-electron chi connectivity index (χ3n) is 5.31. The fourth-order valence-electron chi connectivity index (χ4n) is 3.55. The van der Waals surface area contributed by atoms with Crippen molar-refractivity contribution in [2.24, 2.45) is 0 Å². The van der Waals surface area contributed by atoms with E-state index in [1.54, 1.807) is 30.3 Å². The molecule has 190 valence electrons. The van der Waals surface area contributed by atoms with Gasteiger partial charge in [0.05, 0.1) is 41.0 Å². The molecule has 0 aliphatic heterocycles. The molecule has 2 N–H and O–H groups in total. The molecule has 0 fully saturated rings. The number of hydrogen-bond donors (Lipinski definition) is 2. The lowest BCUT2D eigenvalue weighted by Crippen LogP contribution is -2.42. The van der Waals surface area contributed by atoms with E-state index in [1.807, 2.05) is 0 Å². The number of halogens is 5. The largest absolute Gasteiger partial charge is 0.496 e. The van der Waals surface area contributed by atoms with Gasteiger partial charge in [-0.3, -0.25) is 4.79 Å². The summed E-state index contributed by atoms with van der Waals surface area (Å²) in [5.41, 5.74) is 0.372. The Balaban J connectivity index is 1.87. The lowest BCUT2D eigenvalue weighted by molar-refractivity contribution is -0.139. The summed E-state index contributed by atoms with van der Waals surface area (Å²) in [5, 5.41) is 12.2. The second kappa shape index (κ2) is 11.1. The van der Waals surface area contributed by atoms with Crippen LogP contribution < -0.4 is 14.8 Å². The Morgan fingerprint density at radius 1 is 0.972 bits per heavy atom. The Morgan fingerprint density at radius 2 is 1.50 bits per heavy atom. The molecule has 0 unspecified atom stereocenters. The molecule has 0 aliphatic carbocycles. The zero-order valence-corrected chi connectivity index (χ0v) is 20.5. The molecule has 0 saturated carbocycles. The van der Waals surface area contributed by atoms with Crippen molar-refractivity contribution >= 4 is 35.1 Å². The van der Waals surface area contributed by atoms with Crippen molar-refractivity contribution in [3.05, 3.63) is 81.3 Å². The first-order valence-electron chi connectivity index (χ1n) is 10.4. The smallest absolute Gasteiger partial charge is 0.416 e. The summed E-state index contributed by atoms with van der Waals surface area (Å²) in [7, 11) is 2.50. The molecule has 6 nitrogen and oxygen atoms in total. The van der Waals surface area contributed by atoms with E-state index in [0.717, 1.165) is 12.1 Å².